The van der Waals surface area contributed by atoms with Gasteiger partial charge in [-0.15, -0.1) is 0 Å². The number of carbonyl (C=O) groups excluding carboxylic acids is 1. The molecule has 1 amide bonds. The number of anilines is 1. The third-order valence-corrected chi connectivity index (χ3v) is 4.44. The summed E-state index contributed by atoms with van der Waals surface area (Å²) in [5.41, 5.74) is 4.96. The maximum Gasteiger partial charge on any atom is 0.257 e. The van der Waals surface area contributed by atoms with Crippen molar-refractivity contribution >= 4 is 22.9 Å². The quantitative estimate of drug-likeness (QED) is 0.741. The molecule has 4 nitrogen and oxygen atoms in total. The van der Waals surface area contributed by atoms with Gasteiger partial charge in [0.1, 0.15) is 0 Å². The number of benzene rings is 1. The average molecular weight is 338 g/mol. The van der Waals surface area contributed by atoms with Gasteiger partial charge in [-0.05, 0) is 54.6 Å². The minimum atomic E-state index is -0.174. The molecule has 24 heavy (non-hydrogen) atoms. The minimum absolute atomic E-state index is 0.118. The average Bonchev–Trinajstić information content (AvgIpc) is 3.11. The lowest BCUT2D eigenvalue weighted by Gasteiger charge is -2.09. The smallest absolute Gasteiger partial charge is 0.257 e. The Bertz CT molecular complexity index is 827. The summed E-state index contributed by atoms with van der Waals surface area (Å²) < 4.78 is 0. The Balaban J connectivity index is 1.75. The standard InChI is InChI=1S/C19H18N2O2S/c1-13-17(6-7-18(20-13)15-9-11-24-12-15)19(23)21-16-4-2-14(3-5-16)8-10-22/h2-7,9,11-12,22H,8,10H2,1H3,(H,21,23). The Labute approximate surface area is 144 Å². The van der Waals surface area contributed by atoms with Crippen LogP contribution in [0.25, 0.3) is 11.3 Å². The number of amides is 1. The molecule has 122 valence electrons. The highest BCUT2D eigenvalue weighted by Gasteiger charge is 2.12. The van der Waals surface area contributed by atoms with Crippen molar-refractivity contribution in [1.29, 1.82) is 0 Å². The van der Waals surface area contributed by atoms with E-state index < -0.39 is 0 Å². The van der Waals surface area contributed by atoms with Gasteiger partial charge in [0.15, 0.2) is 0 Å². The predicted octanol–water partition coefficient (Wildman–Crippen LogP) is 3.91. The lowest BCUT2D eigenvalue weighted by atomic mass is 10.1. The fraction of sp³-hybridized carbons (Fsp3) is 0.158. The van der Waals surface area contributed by atoms with Crippen LogP contribution in [0.4, 0.5) is 5.69 Å². The SMILES string of the molecule is Cc1nc(-c2ccsc2)ccc1C(=O)Nc1ccc(CCO)cc1. The molecule has 0 aliphatic carbocycles. The molecule has 0 saturated heterocycles. The molecule has 2 heterocycles. The van der Waals surface area contributed by atoms with E-state index in [1.165, 1.54) is 0 Å². The number of thiophene rings is 1. The van der Waals surface area contributed by atoms with E-state index in [1.807, 2.05) is 60.1 Å². The number of aliphatic hydroxyl groups excluding tert-OH is 1. The van der Waals surface area contributed by atoms with Gasteiger partial charge in [0.25, 0.3) is 5.91 Å². The van der Waals surface area contributed by atoms with Crippen molar-refractivity contribution in [1.82, 2.24) is 4.98 Å². The predicted molar refractivity (Wildman–Crippen MR) is 97.5 cm³/mol. The van der Waals surface area contributed by atoms with Crippen LogP contribution in [0.15, 0.2) is 53.2 Å². The molecule has 3 rings (SSSR count). The van der Waals surface area contributed by atoms with E-state index in [4.69, 9.17) is 5.11 Å². The van der Waals surface area contributed by atoms with E-state index >= 15 is 0 Å². The van der Waals surface area contributed by atoms with Crippen LogP contribution in [0.2, 0.25) is 0 Å². The number of pyridine rings is 1. The van der Waals surface area contributed by atoms with E-state index in [-0.39, 0.29) is 12.5 Å². The highest BCUT2D eigenvalue weighted by molar-refractivity contribution is 7.08. The van der Waals surface area contributed by atoms with Crippen LogP contribution >= 0.6 is 11.3 Å². The number of nitrogens with zero attached hydrogens (tertiary/aromatic N) is 1. The molecule has 0 spiro atoms. The van der Waals surface area contributed by atoms with Gasteiger partial charge in [-0.25, -0.2) is 0 Å². The number of nitrogens with one attached hydrogen (secondary N) is 1. The lowest BCUT2D eigenvalue weighted by Crippen LogP contribution is -2.14. The van der Waals surface area contributed by atoms with Gasteiger partial charge in [-0.1, -0.05) is 12.1 Å². The van der Waals surface area contributed by atoms with E-state index in [0.717, 1.165) is 22.5 Å². The maximum atomic E-state index is 12.5. The third kappa shape index (κ3) is 3.69. The van der Waals surface area contributed by atoms with Crippen LogP contribution in [-0.2, 0) is 6.42 Å². The van der Waals surface area contributed by atoms with Gasteiger partial charge in [-0.2, -0.15) is 11.3 Å². The van der Waals surface area contributed by atoms with Crippen molar-refractivity contribution in [2.75, 3.05) is 11.9 Å². The first kappa shape index (κ1) is 16.4. The van der Waals surface area contributed by atoms with E-state index in [9.17, 15) is 4.79 Å². The van der Waals surface area contributed by atoms with Crippen LogP contribution in [0.5, 0.6) is 0 Å². The van der Waals surface area contributed by atoms with E-state index in [1.54, 1.807) is 11.3 Å². The number of carbonyl (C=O) groups is 1. The normalized spacial score (nSPS) is 10.6. The maximum absolute atomic E-state index is 12.5. The zero-order valence-electron chi connectivity index (χ0n) is 13.3. The van der Waals surface area contributed by atoms with Gasteiger partial charge in [0.05, 0.1) is 17.0 Å². The molecule has 0 aliphatic rings. The Hall–Kier alpha value is -2.50. The number of aryl methyl sites for hydroxylation is 1. The molecule has 2 aromatic heterocycles. The van der Waals surface area contributed by atoms with Crippen molar-refractivity contribution in [3.8, 4) is 11.3 Å². The van der Waals surface area contributed by atoms with Gasteiger partial charge in [0, 0.05) is 23.2 Å². The molecule has 0 unspecified atom stereocenters. The summed E-state index contributed by atoms with van der Waals surface area (Å²) in [5.74, 6) is -0.174. The molecule has 0 radical (unpaired) electrons. The number of rotatable bonds is 5. The highest BCUT2D eigenvalue weighted by atomic mass is 32.1. The zero-order chi connectivity index (χ0) is 16.9. The van der Waals surface area contributed by atoms with Gasteiger partial charge >= 0.3 is 0 Å². The fourth-order valence-corrected chi connectivity index (χ4v) is 3.10. The van der Waals surface area contributed by atoms with Crippen LogP contribution in [0.3, 0.4) is 0 Å². The molecule has 3 aromatic rings. The fourth-order valence-electron chi connectivity index (χ4n) is 2.45. The van der Waals surface area contributed by atoms with E-state index in [2.05, 4.69) is 10.3 Å². The van der Waals surface area contributed by atoms with Gasteiger partial charge < -0.3 is 10.4 Å². The molecule has 0 saturated carbocycles. The monoisotopic (exact) mass is 338 g/mol. The van der Waals surface area contributed by atoms with Crippen molar-refractivity contribution in [3.05, 3.63) is 70.0 Å². The van der Waals surface area contributed by atoms with Crippen molar-refractivity contribution in [2.24, 2.45) is 0 Å². The van der Waals surface area contributed by atoms with Crippen molar-refractivity contribution < 1.29 is 9.90 Å². The van der Waals surface area contributed by atoms with Crippen LogP contribution < -0.4 is 5.32 Å². The summed E-state index contributed by atoms with van der Waals surface area (Å²) >= 11 is 1.62. The summed E-state index contributed by atoms with van der Waals surface area (Å²) in [4.78, 5) is 17.0. The molecule has 0 bridgehead atoms. The minimum Gasteiger partial charge on any atom is -0.396 e. The second-order valence-corrected chi connectivity index (χ2v) is 6.25. The van der Waals surface area contributed by atoms with Crippen LogP contribution in [0.1, 0.15) is 21.6 Å². The second-order valence-electron chi connectivity index (χ2n) is 5.47. The first-order chi connectivity index (χ1) is 11.7. The summed E-state index contributed by atoms with van der Waals surface area (Å²) in [5, 5.41) is 15.9. The van der Waals surface area contributed by atoms with Crippen LogP contribution in [-0.4, -0.2) is 22.6 Å². The largest absolute Gasteiger partial charge is 0.396 e. The number of hydrogen-bond acceptors (Lipinski definition) is 4. The van der Waals surface area contributed by atoms with Crippen LogP contribution in [0, 0.1) is 6.92 Å². The zero-order valence-corrected chi connectivity index (χ0v) is 14.1. The summed E-state index contributed by atoms with van der Waals surface area (Å²) in [6, 6.07) is 13.2. The summed E-state index contributed by atoms with van der Waals surface area (Å²) in [6.45, 7) is 1.96. The molecule has 0 atom stereocenters. The topological polar surface area (TPSA) is 62.2 Å². The van der Waals surface area contributed by atoms with Crippen molar-refractivity contribution in [3.63, 3.8) is 0 Å². The highest BCUT2D eigenvalue weighted by Crippen LogP contribution is 2.22. The first-order valence-corrected chi connectivity index (χ1v) is 8.63. The summed E-state index contributed by atoms with van der Waals surface area (Å²) in [6.07, 6.45) is 0.612. The van der Waals surface area contributed by atoms with Gasteiger partial charge in [-0.3, -0.25) is 9.78 Å². The molecule has 2 N–H and O–H groups in total. The summed E-state index contributed by atoms with van der Waals surface area (Å²) in [7, 11) is 0. The molecule has 0 aliphatic heterocycles. The molecular formula is C19H18N2O2S. The van der Waals surface area contributed by atoms with Crippen molar-refractivity contribution in [2.45, 2.75) is 13.3 Å². The number of hydrogen-bond donors (Lipinski definition) is 2. The Kier molecular flexibility index (Phi) is 5.03. The molecular weight excluding hydrogens is 320 g/mol. The number of aromatic nitrogens is 1. The lowest BCUT2D eigenvalue weighted by molar-refractivity contribution is 0.102. The number of aliphatic hydroxyl groups is 1. The third-order valence-electron chi connectivity index (χ3n) is 3.76. The Morgan fingerprint density at radius 3 is 2.58 bits per heavy atom. The Morgan fingerprint density at radius 1 is 1.17 bits per heavy atom. The second kappa shape index (κ2) is 7.38. The molecule has 1 aromatic carbocycles. The van der Waals surface area contributed by atoms with Gasteiger partial charge in [0.2, 0.25) is 0 Å². The Morgan fingerprint density at radius 2 is 1.96 bits per heavy atom. The molecule has 0 fully saturated rings. The van der Waals surface area contributed by atoms with E-state index in [0.29, 0.717) is 17.7 Å². The first-order valence-electron chi connectivity index (χ1n) is 7.69. The molecule has 5 heteroatoms.